The first-order valence-corrected chi connectivity index (χ1v) is 7.69. The van der Waals surface area contributed by atoms with Crippen molar-refractivity contribution in [1.29, 1.82) is 0 Å². The highest BCUT2D eigenvalue weighted by atomic mass is 15.1. The molecular formula is C18H24N4. The van der Waals surface area contributed by atoms with Crippen LogP contribution in [0.15, 0.2) is 53.7 Å². The van der Waals surface area contributed by atoms with E-state index in [9.17, 15) is 0 Å². The van der Waals surface area contributed by atoms with E-state index in [1.165, 1.54) is 0 Å². The van der Waals surface area contributed by atoms with Gasteiger partial charge < -0.3 is 11.1 Å². The van der Waals surface area contributed by atoms with E-state index in [2.05, 4.69) is 47.3 Å². The van der Waals surface area contributed by atoms with E-state index < -0.39 is 0 Å². The second kappa shape index (κ2) is 8.17. The van der Waals surface area contributed by atoms with Crippen molar-refractivity contribution in [2.75, 3.05) is 6.54 Å². The molecule has 0 atom stereocenters. The third-order valence-corrected chi connectivity index (χ3v) is 3.35. The standard InChI is InChI=1S/C18H24N4/c1-14(2)9-11-21-18(19)22-13-15-6-5-7-16(12-15)17-8-3-4-10-20-17/h3-8,10,12,14H,9,11,13H2,1-2H3,(H3,19,21,22). The first-order chi connectivity index (χ1) is 10.6. The Kier molecular flexibility index (Phi) is 5.95. The minimum absolute atomic E-state index is 0.504. The predicted molar refractivity (Wildman–Crippen MR) is 92.5 cm³/mol. The highest BCUT2D eigenvalue weighted by Gasteiger charge is 2.00. The summed E-state index contributed by atoms with van der Waals surface area (Å²) in [5, 5.41) is 3.15. The van der Waals surface area contributed by atoms with Crippen LogP contribution in [0.4, 0.5) is 0 Å². The molecule has 0 saturated heterocycles. The molecule has 2 aromatic rings. The Morgan fingerprint density at radius 2 is 2.09 bits per heavy atom. The number of nitrogens with zero attached hydrogens (tertiary/aromatic N) is 2. The zero-order chi connectivity index (χ0) is 15.8. The first kappa shape index (κ1) is 16.0. The van der Waals surface area contributed by atoms with Crippen molar-refractivity contribution in [2.45, 2.75) is 26.8 Å². The summed E-state index contributed by atoms with van der Waals surface area (Å²) in [6.45, 7) is 5.82. The largest absolute Gasteiger partial charge is 0.370 e. The molecule has 116 valence electrons. The molecule has 0 aliphatic rings. The number of nitrogens with one attached hydrogen (secondary N) is 1. The van der Waals surface area contributed by atoms with E-state index in [-0.39, 0.29) is 0 Å². The number of rotatable bonds is 6. The summed E-state index contributed by atoms with van der Waals surface area (Å²) in [7, 11) is 0. The van der Waals surface area contributed by atoms with Gasteiger partial charge in [0.2, 0.25) is 0 Å². The van der Waals surface area contributed by atoms with Crippen LogP contribution < -0.4 is 11.1 Å². The van der Waals surface area contributed by atoms with Crippen molar-refractivity contribution >= 4 is 5.96 Å². The molecule has 1 aromatic carbocycles. The number of hydrogen-bond acceptors (Lipinski definition) is 2. The molecule has 0 radical (unpaired) electrons. The molecule has 0 saturated carbocycles. The average Bonchev–Trinajstić information content (AvgIpc) is 2.54. The Labute approximate surface area is 132 Å². The van der Waals surface area contributed by atoms with Crippen LogP contribution in [0.3, 0.4) is 0 Å². The van der Waals surface area contributed by atoms with Crippen LogP contribution >= 0.6 is 0 Å². The van der Waals surface area contributed by atoms with E-state index in [1.807, 2.05) is 24.3 Å². The molecule has 0 bridgehead atoms. The van der Waals surface area contributed by atoms with E-state index in [4.69, 9.17) is 5.73 Å². The van der Waals surface area contributed by atoms with E-state index in [0.29, 0.717) is 18.4 Å². The van der Waals surface area contributed by atoms with Crippen molar-refractivity contribution in [3.8, 4) is 11.3 Å². The summed E-state index contributed by atoms with van der Waals surface area (Å²) in [5.74, 6) is 1.17. The maximum absolute atomic E-state index is 5.88. The summed E-state index contributed by atoms with van der Waals surface area (Å²) in [5.41, 5.74) is 9.07. The van der Waals surface area contributed by atoms with Crippen LogP contribution in [-0.2, 0) is 6.54 Å². The second-order valence-corrected chi connectivity index (χ2v) is 5.73. The van der Waals surface area contributed by atoms with Crippen molar-refractivity contribution in [1.82, 2.24) is 10.3 Å². The van der Waals surface area contributed by atoms with Crippen LogP contribution in [0.5, 0.6) is 0 Å². The van der Waals surface area contributed by atoms with Crippen molar-refractivity contribution in [2.24, 2.45) is 16.6 Å². The second-order valence-electron chi connectivity index (χ2n) is 5.73. The lowest BCUT2D eigenvalue weighted by Crippen LogP contribution is -2.32. The minimum Gasteiger partial charge on any atom is -0.370 e. The van der Waals surface area contributed by atoms with Gasteiger partial charge in [-0.2, -0.15) is 0 Å². The van der Waals surface area contributed by atoms with Crippen LogP contribution in [0.1, 0.15) is 25.8 Å². The lowest BCUT2D eigenvalue weighted by atomic mass is 10.1. The quantitative estimate of drug-likeness (QED) is 0.635. The number of aliphatic imine (C=N–C) groups is 1. The molecule has 4 nitrogen and oxygen atoms in total. The summed E-state index contributed by atoms with van der Waals surface area (Å²) in [4.78, 5) is 8.76. The van der Waals surface area contributed by atoms with Crippen LogP contribution in [-0.4, -0.2) is 17.5 Å². The molecule has 0 fully saturated rings. The number of benzene rings is 1. The van der Waals surface area contributed by atoms with Gasteiger partial charge in [-0.05, 0) is 36.1 Å². The summed E-state index contributed by atoms with van der Waals surface area (Å²) in [6, 6.07) is 14.1. The maximum atomic E-state index is 5.88. The molecule has 0 amide bonds. The summed E-state index contributed by atoms with van der Waals surface area (Å²) >= 11 is 0. The Morgan fingerprint density at radius 1 is 1.23 bits per heavy atom. The Balaban J connectivity index is 1.96. The smallest absolute Gasteiger partial charge is 0.188 e. The van der Waals surface area contributed by atoms with Gasteiger partial charge in [0, 0.05) is 18.3 Å². The number of aromatic nitrogens is 1. The SMILES string of the molecule is CC(C)CCNC(N)=NCc1cccc(-c2ccccn2)c1. The van der Waals surface area contributed by atoms with Crippen LogP contribution in [0, 0.1) is 5.92 Å². The number of hydrogen-bond donors (Lipinski definition) is 2. The van der Waals surface area contributed by atoms with E-state index in [0.717, 1.165) is 29.8 Å². The van der Waals surface area contributed by atoms with E-state index >= 15 is 0 Å². The summed E-state index contributed by atoms with van der Waals surface area (Å²) in [6.07, 6.45) is 2.89. The molecule has 1 heterocycles. The molecule has 3 N–H and O–H groups in total. The fourth-order valence-electron chi connectivity index (χ4n) is 2.08. The topological polar surface area (TPSA) is 63.3 Å². The maximum Gasteiger partial charge on any atom is 0.188 e. The Bertz CT molecular complexity index is 605. The fraction of sp³-hybridized carbons (Fsp3) is 0.333. The monoisotopic (exact) mass is 296 g/mol. The van der Waals surface area contributed by atoms with Gasteiger partial charge in [0.25, 0.3) is 0 Å². The number of nitrogens with two attached hydrogens (primary N) is 1. The molecule has 0 aliphatic heterocycles. The van der Waals surface area contributed by atoms with Gasteiger partial charge >= 0.3 is 0 Å². The van der Waals surface area contributed by atoms with Gasteiger partial charge in [0.15, 0.2) is 5.96 Å². The fourth-order valence-corrected chi connectivity index (χ4v) is 2.08. The molecule has 2 rings (SSSR count). The van der Waals surface area contributed by atoms with Gasteiger partial charge in [-0.15, -0.1) is 0 Å². The lowest BCUT2D eigenvalue weighted by molar-refractivity contribution is 0.576. The zero-order valence-electron chi connectivity index (χ0n) is 13.3. The Morgan fingerprint density at radius 3 is 2.82 bits per heavy atom. The third-order valence-electron chi connectivity index (χ3n) is 3.35. The normalized spacial score (nSPS) is 11.7. The minimum atomic E-state index is 0.504. The average molecular weight is 296 g/mol. The van der Waals surface area contributed by atoms with Gasteiger partial charge in [-0.25, -0.2) is 4.99 Å². The lowest BCUT2D eigenvalue weighted by Gasteiger charge is -2.08. The van der Waals surface area contributed by atoms with Crippen LogP contribution in [0.25, 0.3) is 11.3 Å². The van der Waals surface area contributed by atoms with Gasteiger partial charge in [-0.3, -0.25) is 4.98 Å². The predicted octanol–water partition coefficient (Wildman–Crippen LogP) is 3.20. The zero-order valence-corrected chi connectivity index (χ0v) is 13.3. The Hall–Kier alpha value is -2.36. The highest BCUT2D eigenvalue weighted by Crippen LogP contribution is 2.18. The summed E-state index contributed by atoms with van der Waals surface area (Å²) < 4.78 is 0. The molecule has 0 aliphatic carbocycles. The van der Waals surface area contributed by atoms with Gasteiger partial charge in [-0.1, -0.05) is 38.1 Å². The highest BCUT2D eigenvalue weighted by molar-refractivity contribution is 5.77. The molecule has 1 aromatic heterocycles. The number of pyridine rings is 1. The molecule has 22 heavy (non-hydrogen) atoms. The molecule has 4 heteroatoms. The number of guanidine groups is 1. The third kappa shape index (κ3) is 5.20. The van der Waals surface area contributed by atoms with Crippen LogP contribution in [0.2, 0.25) is 0 Å². The molecule has 0 spiro atoms. The van der Waals surface area contributed by atoms with E-state index in [1.54, 1.807) is 6.20 Å². The first-order valence-electron chi connectivity index (χ1n) is 7.69. The van der Waals surface area contributed by atoms with Crippen molar-refractivity contribution in [3.05, 3.63) is 54.2 Å². The molecule has 0 unspecified atom stereocenters. The van der Waals surface area contributed by atoms with Gasteiger partial charge in [0.1, 0.15) is 0 Å². The van der Waals surface area contributed by atoms with Gasteiger partial charge in [0.05, 0.1) is 12.2 Å². The molecular weight excluding hydrogens is 272 g/mol. The van der Waals surface area contributed by atoms with Crippen molar-refractivity contribution < 1.29 is 0 Å². The van der Waals surface area contributed by atoms with Crippen molar-refractivity contribution in [3.63, 3.8) is 0 Å².